The van der Waals surface area contributed by atoms with Gasteiger partial charge in [-0.2, -0.15) is 0 Å². The van der Waals surface area contributed by atoms with Crippen molar-refractivity contribution < 1.29 is 9.59 Å². The van der Waals surface area contributed by atoms with Gasteiger partial charge in [-0.05, 0) is 44.9 Å². The number of hydrogen-bond acceptors (Lipinski definition) is 3. The number of carbonyl (C=O) groups is 2. The molecule has 2 N–H and O–H groups in total. The zero-order valence-corrected chi connectivity index (χ0v) is 15.9. The van der Waals surface area contributed by atoms with E-state index in [4.69, 9.17) is 0 Å². The van der Waals surface area contributed by atoms with Crippen LogP contribution in [0.4, 0.5) is 10.5 Å². The van der Waals surface area contributed by atoms with E-state index in [2.05, 4.69) is 10.6 Å². The molecule has 0 aliphatic carbocycles. The molecule has 138 valence electrons. The molecule has 0 atom stereocenters. The maximum absolute atomic E-state index is 12.3. The van der Waals surface area contributed by atoms with E-state index in [1.165, 1.54) is 0 Å². The van der Waals surface area contributed by atoms with Crippen LogP contribution in [-0.4, -0.2) is 29.4 Å². The first-order valence-corrected chi connectivity index (χ1v) is 8.81. The standard InChI is InChI=1S/C21H27N3O2/c1-15(2)24(13-18-8-6-5-7-9-18)14-20(25)23-21(26)22-19-11-10-16(3)12-17(19)4/h5-12,15H,13-14H2,1-4H3,(H2,22,23,25,26). The zero-order chi connectivity index (χ0) is 19.1. The van der Waals surface area contributed by atoms with E-state index in [0.717, 1.165) is 16.7 Å². The predicted molar refractivity (Wildman–Crippen MR) is 105 cm³/mol. The van der Waals surface area contributed by atoms with Crippen molar-refractivity contribution in [1.82, 2.24) is 10.2 Å². The van der Waals surface area contributed by atoms with Crippen molar-refractivity contribution in [2.45, 2.75) is 40.3 Å². The first-order valence-electron chi connectivity index (χ1n) is 8.81. The van der Waals surface area contributed by atoms with Crippen LogP contribution in [0.2, 0.25) is 0 Å². The fourth-order valence-electron chi connectivity index (χ4n) is 2.70. The van der Waals surface area contributed by atoms with Gasteiger partial charge in [0, 0.05) is 18.3 Å². The van der Waals surface area contributed by atoms with Crippen LogP contribution in [0.5, 0.6) is 0 Å². The van der Waals surface area contributed by atoms with Crippen LogP contribution in [0.3, 0.4) is 0 Å². The van der Waals surface area contributed by atoms with Gasteiger partial charge in [-0.25, -0.2) is 4.79 Å². The summed E-state index contributed by atoms with van der Waals surface area (Å²) in [5.74, 6) is -0.322. The number of aryl methyl sites for hydroxylation is 2. The Kier molecular flexibility index (Phi) is 6.92. The Balaban J connectivity index is 1.91. The van der Waals surface area contributed by atoms with E-state index in [1.807, 2.05) is 81.1 Å². The van der Waals surface area contributed by atoms with Crippen LogP contribution in [0, 0.1) is 13.8 Å². The molecule has 5 heteroatoms. The number of benzene rings is 2. The molecule has 0 saturated heterocycles. The van der Waals surface area contributed by atoms with E-state index in [0.29, 0.717) is 12.2 Å². The Labute approximate surface area is 155 Å². The van der Waals surface area contributed by atoms with Gasteiger partial charge in [0.05, 0.1) is 6.54 Å². The largest absolute Gasteiger partial charge is 0.325 e. The van der Waals surface area contributed by atoms with Crippen LogP contribution >= 0.6 is 0 Å². The minimum atomic E-state index is -0.509. The Morgan fingerprint density at radius 3 is 2.35 bits per heavy atom. The Hall–Kier alpha value is -2.66. The number of anilines is 1. The molecule has 0 aliphatic heterocycles. The number of carbonyl (C=O) groups excluding carboxylic acids is 2. The van der Waals surface area contributed by atoms with Gasteiger partial charge in [-0.15, -0.1) is 0 Å². The number of hydrogen-bond donors (Lipinski definition) is 2. The van der Waals surface area contributed by atoms with Crippen LogP contribution in [0.1, 0.15) is 30.5 Å². The topological polar surface area (TPSA) is 61.4 Å². The molecule has 0 aliphatic rings. The number of nitrogens with one attached hydrogen (secondary N) is 2. The summed E-state index contributed by atoms with van der Waals surface area (Å²) < 4.78 is 0. The van der Waals surface area contributed by atoms with Gasteiger partial charge in [-0.3, -0.25) is 15.0 Å². The quantitative estimate of drug-likeness (QED) is 0.829. The molecule has 26 heavy (non-hydrogen) atoms. The second kappa shape index (κ2) is 9.15. The molecular weight excluding hydrogens is 326 g/mol. The van der Waals surface area contributed by atoms with Gasteiger partial charge in [0.25, 0.3) is 0 Å². The van der Waals surface area contributed by atoms with E-state index in [1.54, 1.807) is 0 Å². The van der Waals surface area contributed by atoms with Crippen molar-refractivity contribution in [1.29, 1.82) is 0 Å². The summed E-state index contributed by atoms with van der Waals surface area (Å²) in [5, 5.41) is 5.14. The van der Waals surface area contributed by atoms with Crippen LogP contribution in [-0.2, 0) is 11.3 Å². The van der Waals surface area contributed by atoms with Gasteiger partial charge in [0.2, 0.25) is 5.91 Å². The summed E-state index contributed by atoms with van der Waals surface area (Å²) in [5.41, 5.74) is 3.91. The van der Waals surface area contributed by atoms with Crippen LogP contribution in [0.15, 0.2) is 48.5 Å². The van der Waals surface area contributed by atoms with Gasteiger partial charge < -0.3 is 5.32 Å². The van der Waals surface area contributed by atoms with Gasteiger partial charge in [0.15, 0.2) is 0 Å². The summed E-state index contributed by atoms with van der Waals surface area (Å²) >= 11 is 0. The van der Waals surface area contributed by atoms with Crippen molar-refractivity contribution >= 4 is 17.6 Å². The lowest BCUT2D eigenvalue weighted by Gasteiger charge is -2.25. The second-order valence-corrected chi connectivity index (χ2v) is 6.81. The molecule has 5 nitrogen and oxygen atoms in total. The maximum Gasteiger partial charge on any atom is 0.325 e. The highest BCUT2D eigenvalue weighted by atomic mass is 16.2. The number of imide groups is 1. The lowest BCUT2D eigenvalue weighted by molar-refractivity contribution is -0.121. The predicted octanol–water partition coefficient (Wildman–Crippen LogP) is 3.86. The van der Waals surface area contributed by atoms with E-state index in [9.17, 15) is 9.59 Å². The molecule has 0 saturated carbocycles. The molecule has 0 fully saturated rings. The number of amides is 3. The van der Waals surface area contributed by atoms with E-state index in [-0.39, 0.29) is 18.5 Å². The van der Waals surface area contributed by atoms with Crippen molar-refractivity contribution in [3.05, 3.63) is 65.2 Å². The molecule has 0 aromatic heterocycles. The molecule has 2 rings (SSSR count). The number of urea groups is 1. The fraction of sp³-hybridized carbons (Fsp3) is 0.333. The van der Waals surface area contributed by atoms with Crippen LogP contribution < -0.4 is 10.6 Å². The number of rotatable bonds is 6. The average molecular weight is 353 g/mol. The highest BCUT2D eigenvalue weighted by Gasteiger charge is 2.16. The second-order valence-electron chi connectivity index (χ2n) is 6.81. The molecule has 0 unspecified atom stereocenters. The first-order chi connectivity index (χ1) is 12.3. The van der Waals surface area contributed by atoms with Gasteiger partial charge >= 0.3 is 6.03 Å². The van der Waals surface area contributed by atoms with E-state index >= 15 is 0 Å². The van der Waals surface area contributed by atoms with Crippen molar-refractivity contribution in [3.8, 4) is 0 Å². The normalized spacial score (nSPS) is 10.8. The Morgan fingerprint density at radius 1 is 1.04 bits per heavy atom. The zero-order valence-electron chi connectivity index (χ0n) is 15.9. The monoisotopic (exact) mass is 353 g/mol. The van der Waals surface area contributed by atoms with Gasteiger partial charge in [-0.1, -0.05) is 48.0 Å². The molecule has 0 bridgehead atoms. The average Bonchev–Trinajstić information content (AvgIpc) is 2.57. The molecule has 2 aromatic carbocycles. The van der Waals surface area contributed by atoms with Crippen molar-refractivity contribution in [2.75, 3.05) is 11.9 Å². The third kappa shape index (κ3) is 6.01. The Bertz CT molecular complexity index is 757. The lowest BCUT2D eigenvalue weighted by Crippen LogP contribution is -2.43. The summed E-state index contributed by atoms with van der Waals surface area (Å²) in [6, 6.07) is 15.4. The summed E-state index contributed by atoms with van der Waals surface area (Å²) in [6.45, 7) is 8.80. The van der Waals surface area contributed by atoms with E-state index < -0.39 is 6.03 Å². The maximum atomic E-state index is 12.3. The summed E-state index contributed by atoms with van der Waals surface area (Å²) in [6.07, 6.45) is 0. The minimum absolute atomic E-state index is 0.160. The fourth-order valence-corrected chi connectivity index (χ4v) is 2.70. The molecule has 0 heterocycles. The molecule has 2 aromatic rings. The third-order valence-electron chi connectivity index (χ3n) is 4.19. The van der Waals surface area contributed by atoms with Gasteiger partial charge in [0.1, 0.15) is 0 Å². The lowest BCUT2D eigenvalue weighted by atomic mass is 10.1. The molecule has 3 amide bonds. The minimum Gasteiger partial charge on any atom is -0.307 e. The smallest absolute Gasteiger partial charge is 0.307 e. The first kappa shape index (κ1) is 19.7. The van der Waals surface area contributed by atoms with Crippen molar-refractivity contribution in [2.24, 2.45) is 0 Å². The Morgan fingerprint density at radius 2 is 1.73 bits per heavy atom. The molecule has 0 radical (unpaired) electrons. The van der Waals surface area contributed by atoms with Crippen LogP contribution in [0.25, 0.3) is 0 Å². The summed E-state index contributed by atoms with van der Waals surface area (Å²) in [4.78, 5) is 26.4. The van der Waals surface area contributed by atoms with Crippen molar-refractivity contribution in [3.63, 3.8) is 0 Å². The highest BCUT2D eigenvalue weighted by molar-refractivity contribution is 6.02. The number of nitrogens with zero attached hydrogens (tertiary/aromatic N) is 1. The SMILES string of the molecule is Cc1ccc(NC(=O)NC(=O)CN(Cc2ccccc2)C(C)C)c(C)c1. The molecule has 0 spiro atoms. The molecular formula is C21H27N3O2. The highest BCUT2D eigenvalue weighted by Crippen LogP contribution is 2.15. The summed E-state index contributed by atoms with van der Waals surface area (Å²) in [7, 11) is 0. The third-order valence-corrected chi connectivity index (χ3v) is 4.19.